The SMILES string of the molecule is CCCCCCCCCCC(CCCCCCCC)COCCCCCCCCC. The fraction of sp³-hybridized carbons (Fsp3) is 1.00. The molecule has 0 bridgehead atoms. The van der Waals surface area contributed by atoms with E-state index >= 15 is 0 Å². The van der Waals surface area contributed by atoms with E-state index in [2.05, 4.69) is 20.8 Å². The Balaban J connectivity index is 3.79. The van der Waals surface area contributed by atoms with Gasteiger partial charge in [-0.2, -0.15) is 0 Å². The van der Waals surface area contributed by atoms with Gasteiger partial charge in [0.15, 0.2) is 0 Å². The maximum Gasteiger partial charge on any atom is 0.0494 e. The van der Waals surface area contributed by atoms with Gasteiger partial charge < -0.3 is 4.74 Å². The van der Waals surface area contributed by atoms with E-state index in [1.54, 1.807) is 0 Å². The molecule has 30 heavy (non-hydrogen) atoms. The lowest BCUT2D eigenvalue weighted by atomic mass is 9.94. The van der Waals surface area contributed by atoms with Crippen LogP contribution in [0.4, 0.5) is 0 Å². The zero-order chi connectivity index (χ0) is 22.0. The van der Waals surface area contributed by atoms with Gasteiger partial charge in [0.2, 0.25) is 0 Å². The van der Waals surface area contributed by atoms with E-state index in [1.165, 1.54) is 148 Å². The average Bonchev–Trinajstić information content (AvgIpc) is 2.76. The highest BCUT2D eigenvalue weighted by atomic mass is 16.5. The van der Waals surface area contributed by atoms with Crippen molar-refractivity contribution < 1.29 is 4.74 Å². The van der Waals surface area contributed by atoms with Crippen LogP contribution in [0.3, 0.4) is 0 Å². The van der Waals surface area contributed by atoms with E-state index in [0.29, 0.717) is 0 Å². The molecule has 0 aromatic carbocycles. The normalized spacial score (nSPS) is 12.5. The quantitative estimate of drug-likeness (QED) is 0.125. The number of ether oxygens (including phenoxy) is 1. The van der Waals surface area contributed by atoms with Gasteiger partial charge >= 0.3 is 0 Å². The first kappa shape index (κ1) is 30.0. The Hall–Kier alpha value is -0.0400. The molecular formula is C29H60O. The smallest absolute Gasteiger partial charge is 0.0494 e. The third-order valence-corrected chi connectivity index (χ3v) is 6.68. The zero-order valence-corrected chi connectivity index (χ0v) is 21.7. The molecule has 1 unspecified atom stereocenters. The molecule has 0 rings (SSSR count). The van der Waals surface area contributed by atoms with Crippen molar-refractivity contribution in [2.75, 3.05) is 13.2 Å². The number of rotatable bonds is 26. The third-order valence-electron chi connectivity index (χ3n) is 6.68. The summed E-state index contributed by atoms with van der Waals surface area (Å²) in [6.07, 6.45) is 32.4. The van der Waals surface area contributed by atoms with E-state index in [1.807, 2.05) is 0 Å². The molecule has 0 N–H and O–H groups in total. The molecule has 0 saturated carbocycles. The second-order valence-electron chi connectivity index (χ2n) is 9.88. The lowest BCUT2D eigenvalue weighted by Gasteiger charge is -2.17. The highest BCUT2D eigenvalue weighted by molar-refractivity contribution is 4.61. The van der Waals surface area contributed by atoms with Crippen LogP contribution < -0.4 is 0 Å². The van der Waals surface area contributed by atoms with Crippen LogP contribution in [-0.2, 0) is 4.74 Å². The molecule has 0 aliphatic rings. The summed E-state index contributed by atoms with van der Waals surface area (Å²) in [5, 5.41) is 0. The van der Waals surface area contributed by atoms with Gasteiger partial charge in [-0.25, -0.2) is 0 Å². The molecule has 1 atom stereocenters. The molecule has 0 spiro atoms. The molecule has 0 aliphatic carbocycles. The first-order chi connectivity index (χ1) is 14.8. The average molecular weight is 425 g/mol. The molecule has 0 amide bonds. The van der Waals surface area contributed by atoms with E-state index in [-0.39, 0.29) is 0 Å². The maximum absolute atomic E-state index is 6.14. The predicted octanol–water partition coefficient (Wildman–Crippen LogP) is 10.7. The maximum atomic E-state index is 6.14. The fourth-order valence-electron chi connectivity index (χ4n) is 4.50. The topological polar surface area (TPSA) is 9.23 Å². The van der Waals surface area contributed by atoms with Crippen LogP contribution in [-0.4, -0.2) is 13.2 Å². The summed E-state index contributed by atoms with van der Waals surface area (Å²) in [5.41, 5.74) is 0. The Morgan fingerprint density at radius 1 is 0.400 bits per heavy atom. The summed E-state index contributed by atoms with van der Waals surface area (Å²) in [4.78, 5) is 0. The Labute approximate surface area is 192 Å². The van der Waals surface area contributed by atoms with Gasteiger partial charge in [0, 0.05) is 13.2 Å². The molecule has 182 valence electrons. The minimum absolute atomic E-state index is 0.820. The second kappa shape index (κ2) is 27.0. The van der Waals surface area contributed by atoms with E-state index in [0.717, 1.165) is 19.1 Å². The molecular weight excluding hydrogens is 364 g/mol. The van der Waals surface area contributed by atoms with Crippen LogP contribution in [0.2, 0.25) is 0 Å². The minimum Gasteiger partial charge on any atom is -0.381 e. The Morgan fingerprint density at radius 3 is 1.13 bits per heavy atom. The Morgan fingerprint density at radius 2 is 0.733 bits per heavy atom. The Bertz CT molecular complexity index is 288. The van der Waals surface area contributed by atoms with Crippen molar-refractivity contribution in [3.8, 4) is 0 Å². The van der Waals surface area contributed by atoms with Gasteiger partial charge in [-0.1, -0.05) is 149 Å². The van der Waals surface area contributed by atoms with Crippen LogP contribution in [0.25, 0.3) is 0 Å². The molecule has 1 nitrogen and oxygen atoms in total. The van der Waals surface area contributed by atoms with Crippen LogP contribution >= 0.6 is 0 Å². The second-order valence-corrected chi connectivity index (χ2v) is 9.88. The number of unbranched alkanes of at least 4 members (excludes halogenated alkanes) is 18. The molecule has 0 aromatic heterocycles. The van der Waals surface area contributed by atoms with Crippen LogP contribution in [0.1, 0.15) is 168 Å². The molecule has 0 aromatic rings. The predicted molar refractivity (Wildman–Crippen MR) is 138 cm³/mol. The van der Waals surface area contributed by atoms with Gasteiger partial charge in [0.1, 0.15) is 0 Å². The van der Waals surface area contributed by atoms with Gasteiger partial charge in [-0.15, -0.1) is 0 Å². The summed E-state index contributed by atoms with van der Waals surface area (Å²) in [6.45, 7) is 8.94. The van der Waals surface area contributed by atoms with Crippen molar-refractivity contribution in [1.82, 2.24) is 0 Å². The third kappa shape index (κ3) is 24.2. The summed E-state index contributed by atoms with van der Waals surface area (Å²) < 4.78 is 6.14. The van der Waals surface area contributed by atoms with Crippen LogP contribution in [0.15, 0.2) is 0 Å². The van der Waals surface area contributed by atoms with Gasteiger partial charge in [0.25, 0.3) is 0 Å². The highest BCUT2D eigenvalue weighted by Crippen LogP contribution is 2.20. The zero-order valence-electron chi connectivity index (χ0n) is 21.7. The number of hydrogen-bond donors (Lipinski definition) is 0. The molecule has 0 fully saturated rings. The Kier molecular flexibility index (Phi) is 27.0. The molecule has 0 aliphatic heterocycles. The number of hydrogen-bond acceptors (Lipinski definition) is 1. The monoisotopic (exact) mass is 424 g/mol. The van der Waals surface area contributed by atoms with Crippen molar-refractivity contribution in [3.05, 3.63) is 0 Å². The van der Waals surface area contributed by atoms with Gasteiger partial charge in [-0.3, -0.25) is 0 Å². The lowest BCUT2D eigenvalue weighted by Crippen LogP contribution is -2.11. The van der Waals surface area contributed by atoms with Crippen molar-refractivity contribution in [2.24, 2.45) is 5.92 Å². The molecule has 1 heteroatoms. The van der Waals surface area contributed by atoms with Crippen molar-refractivity contribution in [1.29, 1.82) is 0 Å². The lowest BCUT2D eigenvalue weighted by molar-refractivity contribution is 0.0878. The first-order valence-electron chi connectivity index (χ1n) is 14.4. The van der Waals surface area contributed by atoms with E-state index in [9.17, 15) is 0 Å². The first-order valence-corrected chi connectivity index (χ1v) is 14.4. The highest BCUT2D eigenvalue weighted by Gasteiger charge is 2.09. The largest absolute Gasteiger partial charge is 0.381 e. The summed E-state index contributed by atoms with van der Waals surface area (Å²) in [7, 11) is 0. The molecule has 0 heterocycles. The van der Waals surface area contributed by atoms with Crippen LogP contribution in [0, 0.1) is 5.92 Å². The van der Waals surface area contributed by atoms with Gasteiger partial charge in [-0.05, 0) is 25.2 Å². The minimum atomic E-state index is 0.820. The fourth-order valence-corrected chi connectivity index (χ4v) is 4.50. The summed E-state index contributed by atoms with van der Waals surface area (Å²) >= 11 is 0. The van der Waals surface area contributed by atoms with Crippen molar-refractivity contribution >= 4 is 0 Å². The van der Waals surface area contributed by atoms with E-state index in [4.69, 9.17) is 4.74 Å². The van der Waals surface area contributed by atoms with Gasteiger partial charge in [0.05, 0.1) is 0 Å². The summed E-state index contributed by atoms with van der Waals surface area (Å²) in [5.74, 6) is 0.820. The summed E-state index contributed by atoms with van der Waals surface area (Å²) in [6, 6.07) is 0. The van der Waals surface area contributed by atoms with Crippen molar-refractivity contribution in [2.45, 2.75) is 168 Å². The van der Waals surface area contributed by atoms with Crippen molar-refractivity contribution in [3.63, 3.8) is 0 Å². The molecule has 0 radical (unpaired) electrons. The standard InChI is InChI=1S/C29H60O/c1-4-7-10-13-16-17-20-23-26-29(25-22-19-15-12-9-6-3)28-30-27-24-21-18-14-11-8-5-2/h29H,4-28H2,1-3H3. The van der Waals surface area contributed by atoms with Crippen LogP contribution in [0.5, 0.6) is 0 Å². The molecule has 0 saturated heterocycles. The van der Waals surface area contributed by atoms with E-state index < -0.39 is 0 Å².